The summed E-state index contributed by atoms with van der Waals surface area (Å²) in [4.78, 5) is 0. The van der Waals surface area contributed by atoms with Crippen LogP contribution in [-0.2, 0) is 6.54 Å². The quantitative estimate of drug-likeness (QED) is 0.539. The molecular formula is C14H11Br3ClN. The van der Waals surface area contributed by atoms with E-state index < -0.39 is 0 Å². The summed E-state index contributed by atoms with van der Waals surface area (Å²) < 4.78 is 3.09. The van der Waals surface area contributed by atoms with Gasteiger partial charge in [-0.3, -0.25) is 0 Å². The second-order valence-corrected chi connectivity index (χ2v) is 7.22. The van der Waals surface area contributed by atoms with E-state index in [2.05, 4.69) is 72.2 Å². The first-order chi connectivity index (χ1) is 8.97. The standard InChI is InChI=1S/C14H11Br3ClN/c1-8-4-11(16)14(12(17)5-8)19-7-9-6-10(15)2-3-13(9)18/h2-6,19H,7H2,1H3. The first-order valence-corrected chi connectivity index (χ1v) is 8.36. The molecule has 0 aliphatic carbocycles. The van der Waals surface area contributed by atoms with Gasteiger partial charge in [0.15, 0.2) is 0 Å². The van der Waals surface area contributed by atoms with Crippen molar-refractivity contribution in [3.05, 3.63) is 59.9 Å². The van der Waals surface area contributed by atoms with Gasteiger partial charge in [-0.25, -0.2) is 0 Å². The lowest BCUT2D eigenvalue weighted by molar-refractivity contribution is 1.14. The van der Waals surface area contributed by atoms with Crippen molar-refractivity contribution < 1.29 is 0 Å². The Morgan fingerprint density at radius 1 is 1.05 bits per heavy atom. The van der Waals surface area contributed by atoms with Crippen LogP contribution in [0.3, 0.4) is 0 Å². The molecule has 19 heavy (non-hydrogen) atoms. The van der Waals surface area contributed by atoms with Crippen LogP contribution < -0.4 is 5.32 Å². The molecule has 2 rings (SSSR count). The fourth-order valence-corrected chi connectivity index (χ4v) is 4.02. The Balaban J connectivity index is 2.21. The Hall–Kier alpha value is -0.0300. The molecule has 0 spiro atoms. The molecule has 2 aromatic rings. The second kappa shape index (κ2) is 6.61. The normalized spacial score (nSPS) is 10.6. The molecule has 0 aliphatic heterocycles. The SMILES string of the molecule is Cc1cc(Br)c(NCc2cc(Br)ccc2Cl)c(Br)c1. The summed E-state index contributed by atoms with van der Waals surface area (Å²) in [5.74, 6) is 0. The van der Waals surface area contributed by atoms with E-state index in [9.17, 15) is 0 Å². The van der Waals surface area contributed by atoms with Gasteiger partial charge in [-0.2, -0.15) is 0 Å². The molecule has 100 valence electrons. The minimum atomic E-state index is 0.665. The van der Waals surface area contributed by atoms with Crippen molar-refractivity contribution in [1.82, 2.24) is 0 Å². The minimum Gasteiger partial charge on any atom is -0.379 e. The van der Waals surface area contributed by atoms with E-state index in [4.69, 9.17) is 11.6 Å². The molecule has 0 heterocycles. The predicted octanol–water partition coefficient (Wildman–Crippen LogP) is 6.55. The van der Waals surface area contributed by atoms with Crippen molar-refractivity contribution in [1.29, 1.82) is 0 Å². The van der Waals surface area contributed by atoms with Crippen molar-refractivity contribution in [3.63, 3.8) is 0 Å². The van der Waals surface area contributed by atoms with Gasteiger partial charge in [-0.15, -0.1) is 0 Å². The number of aryl methyl sites for hydroxylation is 1. The lowest BCUT2D eigenvalue weighted by Crippen LogP contribution is -2.02. The van der Waals surface area contributed by atoms with E-state index in [0.717, 1.165) is 29.7 Å². The molecular weight excluding hydrogens is 457 g/mol. The lowest BCUT2D eigenvalue weighted by atomic mass is 10.2. The molecule has 0 radical (unpaired) electrons. The van der Waals surface area contributed by atoms with Crippen LogP contribution in [0, 0.1) is 6.92 Å². The Morgan fingerprint density at radius 3 is 2.32 bits per heavy atom. The van der Waals surface area contributed by atoms with Gasteiger partial charge in [0, 0.05) is 25.0 Å². The van der Waals surface area contributed by atoms with Crippen molar-refractivity contribution in [2.75, 3.05) is 5.32 Å². The number of rotatable bonds is 3. The maximum atomic E-state index is 6.18. The third kappa shape index (κ3) is 3.97. The molecule has 1 N–H and O–H groups in total. The zero-order valence-electron chi connectivity index (χ0n) is 10.1. The Bertz CT molecular complexity index is 591. The van der Waals surface area contributed by atoms with E-state index in [0.29, 0.717) is 6.54 Å². The molecule has 5 heteroatoms. The van der Waals surface area contributed by atoms with Crippen LogP contribution >= 0.6 is 59.4 Å². The van der Waals surface area contributed by atoms with E-state index in [1.807, 2.05) is 18.2 Å². The summed E-state index contributed by atoms with van der Waals surface area (Å²) in [6.45, 7) is 2.73. The van der Waals surface area contributed by atoms with Gasteiger partial charge in [-0.05, 0) is 80.2 Å². The Labute approximate surface area is 143 Å². The van der Waals surface area contributed by atoms with Crippen LogP contribution in [0.25, 0.3) is 0 Å². The van der Waals surface area contributed by atoms with Gasteiger partial charge in [0.25, 0.3) is 0 Å². The molecule has 0 atom stereocenters. The number of halogens is 4. The zero-order chi connectivity index (χ0) is 14.0. The highest BCUT2D eigenvalue weighted by Crippen LogP contribution is 2.33. The van der Waals surface area contributed by atoms with Crippen LogP contribution in [0.2, 0.25) is 5.02 Å². The van der Waals surface area contributed by atoms with E-state index in [1.54, 1.807) is 0 Å². The number of benzene rings is 2. The molecule has 0 unspecified atom stereocenters. The third-order valence-electron chi connectivity index (χ3n) is 2.65. The highest BCUT2D eigenvalue weighted by atomic mass is 79.9. The number of hydrogen-bond donors (Lipinski definition) is 1. The number of hydrogen-bond acceptors (Lipinski definition) is 1. The summed E-state index contributed by atoms with van der Waals surface area (Å²) in [5, 5.41) is 4.15. The molecule has 0 fully saturated rings. The highest BCUT2D eigenvalue weighted by molar-refractivity contribution is 9.11. The topological polar surface area (TPSA) is 12.0 Å². The van der Waals surface area contributed by atoms with Crippen molar-refractivity contribution in [2.24, 2.45) is 0 Å². The van der Waals surface area contributed by atoms with E-state index >= 15 is 0 Å². The fraction of sp³-hybridized carbons (Fsp3) is 0.143. The number of nitrogens with one attached hydrogen (secondary N) is 1. The highest BCUT2D eigenvalue weighted by Gasteiger charge is 2.07. The largest absolute Gasteiger partial charge is 0.379 e. The Morgan fingerprint density at radius 2 is 1.68 bits per heavy atom. The molecule has 0 aliphatic rings. The lowest BCUT2D eigenvalue weighted by Gasteiger charge is -2.13. The summed E-state index contributed by atoms with van der Waals surface area (Å²) in [5.41, 5.74) is 3.28. The molecule has 0 bridgehead atoms. The van der Waals surface area contributed by atoms with Crippen molar-refractivity contribution in [3.8, 4) is 0 Å². The van der Waals surface area contributed by atoms with Crippen LogP contribution in [0.15, 0.2) is 43.7 Å². The summed E-state index contributed by atoms with van der Waals surface area (Å²) in [6.07, 6.45) is 0. The number of anilines is 1. The fourth-order valence-electron chi connectivity index (χ4n) is 1.73. The molecule has 0 amide bonds. The van der Waals surface area contributed by atoms with E-state index in [-0.39, 0.29) is 0 Å². The minimum absolute atomic E-state index is 0.665. The van der Waals surface area contributed by atoms with Gasteiger partial charge in [0.2, 0.25) is 0 Å². The summed E-state index contributed by atoms with van der Waals surface area (Å²) in [7, 11) is 0. The summed E-state index contributed by atoms with van der Waals surface area (Å²) >= 11 is 16.8. The second-order valence-electron chi connectivity index (χ2n) is 4.19. The van der Waals surface area contributed by atoms with Crippen LogP contribution in [0.1, 0.15) is 11.1 Å². The van der Waals surface area contributed by atoms with Gasteiger partial charge in [-0.1, -0.05) is 27.5 Å². The summed E-state index contributed by atoms with van der Waals surface area (Å²) in [6, 6.07) is 10.0. The van der Waals surface area contributed by atoms with Gasteiger partial charge >= 0.3 is 0 Å². The van der Waals surface area contributed by atoms with Gasteiger partial charge < -0.3 is 5.32 Å². The Kier molecular flexibility index (Phi) is 5.35. The van der Waals surface area contributed by atoms with Crippen molar-refractivity contribution in [2.45, 2.75) is 13.5 Å². The smallest absolute Gasteiger partial charge is 0.0631 e. The average molecular weight is 468 g/mol. The van der Waals surface area contributed by atoms with Gasteiger partial charge in [0.1, 0.15) is 0 Å². The monoisotopic (exact) mass is 465 g/mol. The van der Waals surface area contributed by atoms with Crippen molar-refractivity contribution >= 4 is 65.1 Å². The molecule has 1 nitrogen and oxygen atoms in total. The maximum Gasteiger partial charge on any atom is 0.0631 e. The first kappa shape index (κ1) is 15.4. The third-order valence-corrected chi connectivity index (χ3v) is 4.76. The van der Waals surface area contributed by atoms with Gasteiger partial charge in [0.05, 0.1) is 5.69 Å². The van der Waals surface area contributed by atoms with E-state index in [1.165, 1.54) is 5.56 Å². The zero-order valence-corrected chi connectivity index (χ0v) is 15.6. The molecule has 0 saturated heterocycles. The van der Waals surface area contributed by atoms with Crippen LogP contribution in [0.4, 0.5) is 5.69 Å². The molecule has 0 saturated carbocycles. The van der Waals surface area contributed by atoms with Crippen LogP contribution in [-0.4, -0.2) is 0 Å². The first-order valence-electron chi connectivity index (χ1n) is 5.61. The average Bonchev–Trinajstić information content (AvgIpc) is 2.32. The maximum absolute atomic E-state index is 6.18. The predicted molar refractivity (Wildman–Crippen MR) is 93.1 cm³/mol. The molecule has 2 aromatic carbocycles. The van der Waals surface area contributed by atoms with Crippen LogP contribution in [0.5, 0.6) is 0 Å². The molecule has 0 aromatic heterocycles.